The Labute approximate surface area is 172 Å². The van der Waals surface area contributed by atoms with E-state index in [0.717, 1.165) is 13.0 Å². The second-order valence-corrected chi connectivity index (χ2v) is 9.20. The lowest BCUT2D eigenvalue weighted by atomic mass is 9.83. The summed E-state index contributed by atoms with van der Waals surface area (Å²) < 4.78 is 24.2. The Morgan fingerprint density at radius 3 is 2.42 bits per heavy atom. The molecule has 1 atom stereocenters. The van der Waals surface area contributed by atoms with Gasteiger partial charge in [-0.1, -0.05) is 56.9 Å². The number of halogens is 2. The molecule has 0 aromatic heterocycles. The van der Waals surface area contributed by atoms with Crippen LogP contribution in [0.4, 0.5) is 0 Å². The minimum Gasteiger partial charge on any atom is -0.333 e. The van der Waals surface area contributed by atoms with Gasteiger partial charge in [-0.25, -0.2) is 0 Å². The van der Waals surface area contributed by atoms with Gasteiger partial charge in [-0.15, -0.1) is 0 Å². The van der Waals surface area contributed by atoms with Gasteiger partial charge in [0, 0.05) is 12.1 Å². The van der Waals surface area contributed by atoms with Gasteiger partial charge in [0.05, 0.1) is 25.8 Å². The monoisotopic (exact) mass is 401 g/mol. The summed E-state index contributed by atoms with van der Waals surface area (Å²) in [6.45, 7) is 14.1. The summed E-state index contributed by atoms with van der Waals surface area (Å²) >= 11 is 12.5. The lowest BCUT2D eigenvalue weighted by molar-refractivity contribution is 0.0513. The van der Waals surface area contributed by atoms with Crippen LogP contribution in [0.3, 0.4) is 0 Å². The first-order valence-electron chi connectivity index (χ1n) is 10.8. The van der Waals surface area contributed by atoms with Gasteiger partial charge >= 0.3 is 0 Å². The van der Waals surface area contributed by atoms with Crippen molar-refractivity contribution in [1.29, 1.82) is 0 Å². The predicted octanol–water partition coefficient (Wildman–Crippen LogP) is 5.50. The number of carbonyl (C=O) groups excluding carboxylic acids is 1. The third-order valence-electron chi connectivity index (χ3n) is 5.57. The molecule has 2 rings (SSSR count). The Bertz CT molecular complexity index is 747. The minimum absolute atomic E-state index is 0.0749. The summed E-state index contributed by atoms with van der Waals surface area (Å²) in [6.07, 6.45) is 0.796. The molecule has 1 saturated heterocycles. The SMILES string of the molecule is [2H]c1c([2H])c(Cl)c(Cl)c(C(=O)N(CC(C(C)C)C(C)C)[C@H]2CCNC2(C)C)c1[2H]. The van der Waals surface area contributed by atoms with Crippen molar-refractivity contribution in [2.24, 2.45) is 17.8 Å². The highest BCUT2D eigenvalue weighted by Crippen LogP contribution is 2.33. The molecule has 26 heavy (non-hydrogen) atoms. The topological polar surface area (TPSA) is 32.3 Å². The predicted molar refractivity (Wildman–Crippen MR) is 111 cm³/mol. The number of amides is 1. The smallest absolute Gasteiger partial charge is 0.255 e. The second kappa shape index (κ2) is 8.50. The van der Waals surface area contributed by atoms with Crippen molar-refractivity contribution < 1.29 is 8.91 Å². The number of rotatable bonds is 6. The molecule has 3 nitrogen and oxygen atoms in total. The Morgan fingerprint density at radius 2 is 1.92 bits per heavy atom. The molecule has 0 bridgehead atoms. The highest BCUT2D eigenvalue weighted by molar-refractivity contribution is 6.43. The van der Waals surface area contributed by atoms with Gasteiger partial charge in [0.1, 0.15) is 0 Å². The van der Waals surface area contributed by atoms with Gasteiger partial charge in [0.15, 0.2) is 0 Å². The van der Waals surface area contributed by atoms with Crippen LogP contribution in [0, 0.1) is 17.8 Å². The molecular formula is C21H32Cl2N2O. The van der Waals surface area contributed by atoms with Gasteiger partial charge in [-0.05, 0) is 56.7 Å². The molecule has 1 heterocycles. The van der Waals surface area contributed by atoms with E-state index in [2.05, 4.69) is 46.9 Å². The van der Waals surface area contributed by atoms with Crippen molar-refractivity contribution >= 4 is 29.1 Å². The van der Waals surface area contributed by atoms with E-state index in [1.54, 1.807) is 0 Å². The minimum atomic E-state index is -0.386. The molecule has 0 saturated carbocycles. The largest absolute Gasteiger partial charge is 0.333 e. The van der Waals surface area contributed by atoms with Crippen molar-refractivity contribution in [2.75, 3.05) is 13.1 Å². The van der Waals surface area contributed by atoms with Crippen molar-refractivity contribution in [2.45, 2.75) is 59.5 Å². The Hall–Kier alpha value is -0.770. The molecule has 1 N–H and O–H groups in total. The zero-order valence-electron chi connectivity index (χ0n) is 19.5. The fraction of sp³-hybridized carbons (Fsp3) is 0.667. The third kappa shape index (κ3) is 4.55. The molecule has 1 aliphatic heterocycles. The number of hydrogen-bond donors (Lipinski definition) is 1. The number of nitrogens with zero attached hydrogens (tertiary/aromatic N) is 1. The van der Waals surface area contributed by atoms with E-state index in [0.29, 0.717) is 18.4 Å². The molecule has 1 aliphatic rings. The molecule has 5 heteroatoms. The summed E-state index contributed by atoms with van der Waals surface area (Å²) in [7, 11) is 0. The normalized spacial score (nSPS) is 21.2. The first kappa shape index (κ1) is 17.3. The fourth-order valence-electron chi connectivity index (χ4n) is 3.98. The van der Waals surface area contributed by atoms with Crippen molar-refractivity contribution in [3.63, 3.8) is 0 Å². The summed E-state index contributed by atoms with van der Waals surface area (Å²) in [4.78, 5) is 15.6. The van der Waals surface area contributed by atoms with Gasteiger partial charge < -0.3 is 10.2 Å². The maximum atomic E-state index is 13.7. The average Bonchev–Trinajstić information content (AvgIpc) is 2.97. The van der Waals surface area contributed by atoms with E-state index in [4.69, 9.17) is 27.3 Å². The van der Waals surface area contributed by atoms with Crippen LogP contribution in [0.15, 0.2) is 18.1 Å². The molecule has 146 valence electrons. The summed E-state index contributed by atoms with van der Waals surface area (Å²) in [6, 6.07) is -1.12. The fourth-order valence-corrected chi connectivity index (χ4v) is 4.30. The maximum Gasteiger partial charge on any atom is 0.255 e. The van der Waals surface area contributed by atoms with Crippen LogP contribution in [-0.4, -0.2) is 35.5 Å². The van der Waals surface area contributed by atoms with E-state index in [9.17, 15) is 4.79 Å². The molecule has 1 fully saturated rings. The Balaban J connectivity index is 2.59. The van der Waals surface area contributed by atoms with Gasteiger partial charge in [-0.2, -0.15) is 0 Å². The summed E-state index contributed by atoms with van der Waals surface area (Å²) in [5.74, 6) is 0.632. The molecular weight excluding hydrogens is 367 g/mol. The molecule has 0 aliphatic carbocycles. The van der Waals surface area contributed by atoms with Crippen molar-refractivity contribution in [3.8, 4) is 0 Å². The van der Waals surface area contributed by atoms with Crippen molar-refractivity contribution in [3.05, 3.63) is 33.7 Å². The highest BCUT2D eigenvalue weighted by atomic mass is 35.5. The maximum absolute atomic E-state index is 13.7. The van der Waals surface area contributed by atoms with E-state index in [1.807, 2.05) is 4.90 Å². The van der Waals surface area contributed by atoms with E-state index in [-0.39, 0.29) is 57.1 Å². The van der Waals surface area contributed by atoms with Gasteiger partial charge in [0.25, 0.3) is 5.91 Å². The molecule has 0 unspecified atom stereocenters. The van der Waals surface area contributed by atoms with E-state index < -0.39 is 0 Å². The highest BCUT2D eigenvalue weighted by Gasteiger charge is 2.42. The third-order valence-corrected chi connectivity index (χ3v) is 6.33. The molecule has 1 amide bonds. The summed E-state index contributed by atoms with van der Waals surface area (Å²) in [5, 5.41) is 3.20. The molecule has 1 aromatic rings. The molecule has 0 radical (unpaired) electrons. The number of carbonyl (C=O) groups is 1. The number of hydrogen-bond acceptors (Lipinski definition) is 2. The van der Waals surface area contributed by atoms with E-state index in [1.165, 1.54) is 0 Å². The molecule has 1 aromatic carbocycles. The van der Waals surface area contributed by atoms with Crippen LogP contribution in [0.1, 0.15) is 62.4 Å². The zero-order valence-corrected chi connectivity index (χ0v) is 18.1. The number of benzene rings is 1. The van der Waals surface area contributed by atoms with Crippen LogP contribution in [0.25, 0.3) is 0 Å². The Morgan fingerprint density at radius 1 is 1.31 bits per heavy atom. The van der Waals surface area contributed by atoms with Crippen LogP contribution >= 0.6 is 23.2 Å². The first-order chi connectivity index (χ1) is 13.3. The standard InChI is InChI=1S/C21H32Cl2N2O/c1-13(2)16(14(3)4)12-25(18-10-11-24-21(18,5)6)20(26)15-8-7-9-17(22)19(15)23/h7-9,13-14,16,18,24H,10-12H2,1-6H3/t18-/m0/s1/i7D,8D,9D. The van der Waals surface area contributed by atoms with Gasteiger partial charge in [-0.3, -0.25) is 4.79 Å². The van der Waals surface area contributed by atoms with Gasteiger partial charge in [0.2, 0.25) is 0 Å². The van der Waals surface area contributed by atoms with Crippen LogP contribution < -0.4 is 5.32 Å². The van der Waals surface area contributed by atoms with Crippen LogP contribution in [-0.2, 0) is 0 Å². The average molecular weight is 402 g/mol. The van der Waals surface area contributed by atoms with Crippen molar-refractivity contribution in [1.82, 2.24) is 10.2 Å². The quantitative estimate of drug-likeness (QED) is 0.681. The lowest BCUT2D eigenvalue weighted by Gasteiger charge is -2.41. The zero-order chi connectivity index (χ0) is 22.3. The van der Waals surface area contributed by atoms with E-state index >= 15 is 0 Å². The second-order valence-electron chi connectivity index (χ2n) is 8.44. The first-order valence-corrected chi connectivity index (χ1v) is 10.1. The summed E-state index contributed by atoms with van der Waals surface area (Å²) in [5.41, 5.74) is -0.363. The Kier molecular flexibility index (Phi) is 5.67. The molecule has 0 spiro atoms. The lowest BCUT2D eigenvalue weighted by Crippen LogP contribution is -2.55. The van der Waals surface area contributed by atoms with Crippen LogP contribution in [0.2, 0.25) is 10.0 Å². The number of nitrogens with one attached hydrogen (secondary N) is 1. The van der Waals surface area contributed by atoms with Crippen LogP contribution in [0.5, 0.6) is 0 Å².